The molecule has 1 aliphatic carbocycles. The van der Waals surface area contributed by atoms with Crippen LogP contribution < -0.4 is 10.8 Å². The standard InChI is InChI=1S/C28H35N4O7P/c1-27(2,3)38-40(36,39-28(4,5)6)24-16-32(31-30-24)15-23(25(33)34)29-26(35)37-17-22-20-13-9-7-11-18(20)19-12-8-10-14-21(19)22/h7-14,16,22-23H,15,17H2,1-6H3,(H,29,35)(H,33,34)/t23-/m0/s1. The maximum Gasteiger partial charge on any atom is 0.407 e. The van der Waals surface area contributed by atoms with E-state index in [9.17, 15) is 19.3 Å². The number of carbonyl (C=O) groups is 2. The number of benzene rings is 2. The van der Waals surface area contributed by atoms with Gasteiger partial charge in [0.05, 0.1) is 23.9 Å². The first-order chi connectivity index (χ1) is 18.7. The molecule has 11 nitrogen and oxygen atoms in total. The van der Waals surface area contributed by atoms with Gasteiger partial charge in [0.25, 0.3) is 0 Å². The summed E-state index contributed by atoms with van der Waals surface area (Å²) in [6.07, 6.45) is 0.417. The molecule has 0 spiro atoms. The predicted octanol–water partition coefficient (Wildman–Crippen LogP) is 4.72. The highest BCUT2D eigenvalue weighted by molar-refractivity contribution is 7.62. The smallest absolute Gasteiger partial charge is 0.407 e. The van der Waals surface area contributed by atoms with Crippen LogP contribution in [-0.2, 0) is 29.7 Å². The van der Waals surface area contributed by atoms with E-state index >= 15 is 0 Å². The molecule has 1 heterocycles. The third kappa shape index (κ3) is 6.96. The monoisotopic (exact) mass is 570 g/mol. The van der Waals surface area contributed by atoms with Gasteiger partial charge in [-0.15, -0.1) is 5.10 Å². The summed E-state index contributed by atoms with van der Waals surface area (Å²) >= 11 is 0. The van der Waals surface area contributed by atoms with Gasteiger partial charge in [-0.2, -0.15) is 0 Å². The van der Waals surface area contributed by atoms with Gasteiger partial charge in [0.2, 0.25) is 0 Å². The van der Waals surface area contributed by atoms with Crippen molar-refractivity contribution in [3.63, 3.8) is 0 Å². The maximum atomic E-state index is 13.7. The molecule has 0 fully saturated rings. The Bertz CT molecular complexity index is 1380. The van der Waals surface area contributed by atoms with Crippen molar-refractivity contribution < 1.29 is 33.0 Å². The van der Waals surface area contributed by atoms with Gasteiger partial charge in [-0.25, -0.2) is 14.3 Å². The Morgan fingerprint density at radius 3 is 2.00 bits per heavy atom. The minimum absolute atomic E-state index is 0.0388. The van der Waals surface area contributed by atoms with Crippen LogP contribution in [0.2, 0.25) is 0 Å². The average Bonchev–Trinajstić information content (AvgIpc) is 3.43. The van der Waals surface area contributed by atoms with Crippen molar-refractivity contribution in [2.24, 2.45) is 0 Å². The molecule has 3 aromatic rings. The molecule has 1 aromatic heterocycles. The third-order valence-electron chi connectivity index (χ3n) is 5.90. The van der Waals surface area contributed by atoms with Crippen LogP contribution in [0.1, 0.15) is 58.6 Å². The molecule has 0 bridgehead atoms. The van der Waals surface area contributed by atoms with E-state index in [2.05, 4.69) is 15.6 Å². The molecular formula is C28H35N4O7P. The van der Waals surface area contributed by atoms with Crippen LogP contribution >= 0.6 is 7.60 Å². The Morgan fingerprint density at radius 2 is 1.50 bits per heavy atom. The number of nitrogens with zero attached hydrogens (tertiary/aromatic N) is 3. The van der Waals surface area contributed by atoms with Gasteiger partial charge in [0, 0.05) is 5.92 Å². The van der Waals surface area contributed by atoms with Gasteiger partial charge >= 0.3 is 19.7 Å². The number of fused-ring (bicyclic) bond motifs is 3. The molecule has 1 atom stereocenters. The van der Waals surface area contributed by atoms with Crippen LogP contribution in [0.4, 0.5) is 4.79 Å². The van der Waals surface area contributed by atoms with Crippen molar-refractivity contribution in [3.05, 3.63) is 65.9 Å². The first kappa shape index (κ1) is 29.5. The van der Waals surface area contributed by atoms with E-state index in [4.69, 9.17) is 13.8 Å². The molecule has 0 saturated heterocycles. The lowest BCUT2D eigenvalue weighted by Gasteiger charge is -2.30. The van der Waals surface area contributed by atoms with E-state index in [1.54, 1.807) is 41.5 Å². The van der Waals surface area contributed by atoms with E-state index in [1.165, 1.54) is 10.9 Å². The van der Waals surface area contributed by atoms with Crippen LogP contribution in [0.3, 0.4) is 0 Å². The highest BCUT2D eigenvalue weighted by Gasteiger charge is 2.40. The minimum atomic E-state index is -3.92. The Labute approximate surface area is 233 Å². The van der Waals surface area contributed by atoms with Crippen LogP contribution in [0.25, 0.3) is 11.1 Å². The lowest BCUT2D eigenvalue weighted by atomic mass is 9.98. The first-order valence-corrected chi connectivity index (χ1v) is 14.5. The lowest BCUT2D eigenvalue weighted by molar-refractivity contribution is -0.139. The second kappa shape index (κ2) is 11.2. The SMILES string of the molecule is CC(C)(C)OP(=O)(OC(C)(C)C)c1cn(C[C@H](NC(=O)OCC2c3ccccc3-c3ccccc32)C(=O)O)nn1. The number of hydrogen-bond donors (Lipinski definition) is 2. The van der Waals surface area contributed by atoms with E-state index in [-0.39, 0.29) is 24.5 Å². The molecule has 2 N–H and O–H groups in total. The number of rotatable bonds is 9. The normalized spacial score (nSPS) is 14.3. The number of hydrogen-bond acceptors (Lipinski definition) is 8. The van der Waals surface area contributed by atoms with Crippen LogP contribution in [0.15, 0.2) is 54.7 Å². The quantitative estimate of drug-likeness (QED) is 0.350. The van der Waals surface area contributed by atoms with Crippen molar-refractivity contribution in [3.8, 4) is 11.1 Å². The molecule has 0 unspecified atom stereocenters. The number of alkyl carbamates (subject to hydrolysis) is 1. The van der Waals surface area contributed by atoms with E-state index < -0.39 is 36.9 Å². The van der Waals surface area contributed by atoms with Crippen LogP contribution in [0, 0.1) is 0 Å². The summed E-state index contributed by atoms with van der Waals surface area (Å²) in [7, 11) is -3.92. The summed E-state index contributed by atoms with van der Waals surface area (Å²) in [5, 5.41) is 20.0. The first-order valence-electron chi connectivity index (χ1n) is 12.9. The number of aromatic nitrogens is 3. The number of carboxylic acid groups (broad SMARTS) is 1. The van der Waals surface area contributed by atoms with Crippen molar-refractivity contribution in [2.75, 3.05) is 6.61 Å². The molecule has 214 valence electrons. The van der Waals surface area contributed by atoms with E-state index in [1.807, 2.05) is 48.5 Å². The zero-order valence-corrected chi connectivity index (χ0v) is 24.3. The van der Waals surface area contributed by atoms with E-state index in [0.717, 1.165) is 22.3 Å². The fourth-order valence-electron chi connectivity index (χ4n) is 4.49. The van der Waals surface area contributed by atoms with E-state index in [0.29, 0.717) is 0 Å². The van der Waals surface area contributed by atoms with Gasteiger partial charge in [-0.05, 0) is 63.8 Å². The number of amides is 1. The van der Waals surface area contributed by atoms with Gasteiger partial charge in [-0.1, -0.05) is 53.7 Å². The summed E-state index contributed by atoms with van der Waals surface area (Å²) < 4.78 is 31.8. The second-order valence-electron chi connectivity index (χ2n) is 11.6. The summed E-state index contributed by atoms with van der Waals surface area (Å²) in [6.45, 7) is 10.1. The molecule has 40 heavy (non-hydrogen) atoms. The molecular weight excluding hydrogens is 535 g/mol. The fourth-order valence-corrected chi connectivity index (χ4v) is 6.58. The highest BCUT2D eigenvalue weighted by atomic mass is 31.2. The Kier molecular flexibility index (Phi) is 8.21. The number of ether oxygens (including phenoxy) is 1. The zero-order valence-electron chi connectivity index (χ0n) is 23.5. The Morgan fingerprint density at radius 1 is 0.975 bits per heavy atom. The molecule has 2 aromatic carbocycles. The van der Waals surface area contributed by atoms with Crippen LogP contribution in [0.5, 0.6) is 0 Å². The number of nitrogens with one attached hydrogen (secondary N) is 1. The molecule has 0 aliphatic heterocycles. The number of aliphatic carboxylic acids is 1. The highest BCUT2D eigenvalue weighted by Crippen LogP contribution is 2.52. The van der Waals surface area contributed by atoms with Gasteiger partial charge in [0.15, 0.2) is 5.44 Å². The summed E-state index contributed by atoms with van der Waals surface area (Å²) in [4.78, 5) is 24.7. The maximum absolute atomic E-state index is 13.7. The minimum Gasteiger partial charge on any atom is -0.480 e. The van der Waals surface area contributed by atoms with Crippen LogP contribution in [-0.4, -0.2) is 56.0 Å². The number of carbonyl (C=O) groups excluding carboxylic acids is 1. The Hall–Kier alpha value is -3.53. The molecule has 12 heteroatoms. The molecule has 0 radical (unpaired) electrons. The van der Waals surface area contributed by atoms with Gasteiger partial charge in [0.1, 0.15) is 12.6 Å². The number of carboxylic acids is 1. The van der Waals surface area contributed by atoms with Crippen molar-refractivity contribution in [2.45, 2.75) is 71.2 Å². The Balaban J connectivity index is 1.44. The third-order valence-corrected chi connectivity index (χ3v) is 8.24. The average molecular weight is 571 g/mol. The summed E-state index contributed by atoms with van der Waals surface area (Å²) in [5.74, 6) is -1.47. The van der Waals surface area contributed by atoms with Crippen molar-refractivity contribution in [1.29, 1.82) is 0 Å². The molecule has 1 aliphatic rings. The topological polar surface area (TPSA) is 142 Å². The molecule has 0 saturated carbocycles. The fraction of sp³-hybridized carbons (Fsp3) is 0.429. The second-order valence-corrected chi connectivity index (χ2v) is 13.4. The largest absolute Gasteiger partial charge is 0.480 e. The summed E-state index contributed by atoms with van der Waals surface area (Å²) in [6, 6.07) is 14.4. The molecule has 4 rings (SSSR count). The van der Waals surface area contributed by atoms with Gasteiger partial charge < -0.3 is 15.2 Å². The van der Waals surface area contributed by atoms with Gasteiger partial charge in [-0.3, -0.25) is 13.6 Å². The zero-order chi connectivity index (χ0) is 29.3. The summed E-state index contributed by atoms with van der Waals surface area (Å²) in [5.41, 5.74) is 2.55. The molecule has 1 amide bonds. The van der Waals surface area contributed by atoms with Crippen molar-refractivity contribution in [1.82, 2.24) is 20.3 Å². The van der Waals surface area contributed by atoms with Crippen molar-refractivity contribution >= 4 is 25.1 Å². The predicted molar refractivity (Wildman–Crippen MR) is 149 cm³/mol. The lowest BCUT2D eigenvalue weighted by Crippen LogP contribution is -2.44.